The van der Waals surface area contributed by atoms with E-state index in [0.29, 0.717) is 0 Å². The number of anilines is 1. The molecular weight excluding hydrogens is 250 g/mol. The summed E-state index contributed by atoms with van der Waals surface area (Å²) in [6.07, 6.45) is 0.139. The third-order valence-corrected chi connectivity index (χ3v) is 3.10. The number of hydrogen-bond donors (Lipinski definition) is 1. The Morgan fingerprint density at radius 3 is 2.33 bits per heavy atom. The van der Waals surface area contributed by atoms with Crippen molar-refractivity contribution in [1.82, 2.24) is 0 Å². The molecule has 0 spiro atoms. The van der Waals surface area contributed by atoms with Gasteiger partial charge in [0.1, 0.15) is 5.75 Å². The van der Waals surface area contributed by atoms with Crippen LogP contribution in [-0.4, -0.2) is 17.9 Å². The maximum Gasteiger partial charge on any atom is 0.231 e. The van der Waals surface area contributed by atoms with Crippen LogP contribution < -0.4 is 10.1 Å². The molecule has 0 aliphatic heterocycles. The topological polar surface area (TPSA) is 38.3 Å². The number of benzene rings is 1. The molecule has 0 radical (unpaired) electrons. The molecule has 0 aromatic heterocycles. The van der Waals surface area contributed by atoms with Gasteiger partial charge in [0.05, 0.1) is 11.5 Å². The van der Waals surface area contributed by atoms with Crippen LogP contribution >= 0.6 is 11.6 Å². The lowest BCUT2D eigenvalue weighted by atomic mass is 9.95. The molecule has 0 aliphatic rings. The SMILES string of the molecule is CC(C)Oc1ccc(NC(=O)C(C)(C)CCl)cc1. The normalized spacial score (nSPS) is 11.4. The Morgan fingerprint density at radius 2 is 1.89 bits per heavy atom. The molecule has 0 saturated carbocycles. The zero-order valence-electron chi connectivity index (χ0n) is 11.3. The van der Waals surface area contributed by atoms with Crippen LogP contribution in [0.25, 0.3) is 0 Å². The Morgan fingerprint density at radius 1 is 1.33 bits per heavy atom. The van der Waals surface area contributed by atoms with E-state index in [9.17, 15) is 4.79 Å². The molecule has 0 bridgehead atoms. The van der Waals surface area contributed by atoms with Crippen molar-refractivity contribution in [2.24, 2.45) is 5.41 Å². The zero-order chi connectivity index (χ0) is 13.8. The van der Waals surface area contributed by atoms with Gasteiger partial charge in [-0.1, -0.05) is 0 Å². The van der Waals surface area contributed by atoms with Crippen molar-refractivity contribution >= 4 is 23.2 Å². The fraction of sp³-hybridized carbons (Fsp3) is 0.500. The molecule has 1 N–H and O–H groups in total. The fourth-order valence-electron chi connectivity index (χ4n) is 1.25. The van der Waals surface area contributed by atoms with Crippen LogP contribution in [0, 0.1) is 5.41 Å². The summed E-state index contributed by atoms with van der Waals surface area (Å²) >= 11 is 5.76. The summed E-state index contributed by atoms with van der Waals surface area (Å²) in [7, 11) is 0. The molecule has 0 fully saturated rings. The Hall–Kier alpha value is -1.22. The number of halogens is 1. The quantitative estimate of drug-likeness (QED) is 0.828. The van der Waals surface area contributed by atoms with E-state index in [-0.39, 0.29) is 17.9 Å². The van der Waals surface area contributed by atoms with Gasteiger partial charge in [0, 0.05) is 11.6 Å². The van der Waals surface area contributed by atoms with Gasteiger partial charge >= 0.3 is 0 Å². The second-order valence-electron chi connectivity index (χ2n) is 5.16. The van der Waals surface area contributed by atoms with Crippen molar-refractivity contribution in [3.05, 3.63) is 24.3 Å². The van der Waals surface area contributed by atoms with Crippen molar-refractivity contribution < 1.29 is 9.53 Å². The van der Waals surface area contributed by atoms with Crippen LogP contribution in [0.5, 0.6) is 5.75 Å². The highest BCUT2D eigenvalue weighted by atomic mass is 35.5. The smallest absolute Gasteiger partial charge is 0.231 e. The second kappa shape index (κ2) is 6.10. The monoisotopic (exact) mass is 269 g/mol. The number of hydrogen-bond acceptors (Lipinski definition) is 2. The van der Waals surface area contributed by atoms with Gasteiger partial charge in [0.25, 0.3) is 0 Å². The van der Waals surface area contributed by atoms with Crippen LogP contribution in [0.3, 0.4) is 0 Å². The molecular formula is C14H20ClNO2. The Labute approximate surface area is 113 Å². The second-order valence-corrected chi connectivity index (χ2v) is 5.43. The Kier molecular flexibility index (Phi) is 5.03. The predicted octanol–water partition coefficient (Wildman–Crippen LogP) is 3.68. The summed E-state index contributed by atoms with van der Waals surface area (Å²) in [5, 5.41) is 2.83. The molecule has 18 heavy (non-hydrogen) atoms. The van der Waals surface area contributed by atoms with Gasteiger partial charge in [-0.3, -0.25) is 4.79 Å². The first-order valence-corrected chi connectivity index (χ1v) is 6.53. The maximum absolute atomic E-state index is 11.9. The predicted molar refractivity (Wildman–Crippen MR) is 75.3 cm³/mol. The number of nitrogens with one attached hydrogen (secondary N) is 1. The Bertz CT molecular complexity index is 399. The minimum Gasteiger partial charge on any atom is -0.491 e. The molecule has 0 atom stereocenters. The average Bonchev–Trinajstić information content (AvgIpc) is 2.31. The lowest BCUT2D eigenvalue weighted by Gasteiger charge is -2.20. The highest BCUT2D eigenvalue weighted by molar-refractivity contribution is 6.20. The molecule has 4 heteroatoms. The number of ether oxygens (including phenoxy) is 1. The van der Waals surface area contributed by atoms with Gasteiger partial charge in [-0.25, -0.2) is 0 Å². The lowest BCUT2D eigenvalue weighted by molar-refractivity contribution is -0.122. The van der Waals surface area contributed by atoms with E-state index in [2.05, 4.69) is 5.32 Å². The minimum atomic E-state index is -0.575. The first kappa shape index (κ1) is 14.8. The van der Waals surface area contributed by atoms with Crippen molar-refractivity contribution in [2.75, 3.05) is 11.2 Å². The van der Waals surface area contributed by atoms with Crippen molar-refractivity contribution in [1.29, 1.82) is 0 Å². The van der Waals surface area contributed by atoms with E-state index < -0.39 is 5.41 Å². The first-order chi connectivity index (χ1) is 8.35. The summed E-state index contributed by atoms with van der Waals surface area (Å²) in [5.41, 5.74) is 0.170. The van der Waals surface area contributed by atoms with E-state index in [1.54, 1.807) is 0 Å². The van der Waals surface area contributed by atoms with Gasteiger partial charge < -0.3 is 10.1 Å². The molecule has 1 rings (SSSR count). The summed E-state index contributed by atoms with van der Waals surface area (Å²) in [6.45, 7) is 7.56. The molecule has 1 aromatic rings. The van der Waals surface area contributed by atoms with E-state index in [0.717, 1.165) is 11.4 Å². The summed E-state index contributed by atoms with van der Waals surface area (Å²) in [6, 6.07) is 7.31. The van der Waals surface area contributed by atoms with Gasteiger partial charge in [-0.2, -0.15) is 0 Å². The molecule has 3 nitrogen and oxygen atoms in total. The fourth-order valence-corrected chi connectivity index (χ4v) is 1.37. The van der Waals surface area contributed by atoms with Gasteiger partial charge in [0.15, 0.2) is 0 Å². The molecule has 0 unspecified atom stereocenters. The average molecular weight is 270 g/mol. The molecule has 0 aliphatic carbocycles. The number of carbonyl (C=O) groups excluding carboxylic acids is 1. The number of amides is 1. The Balaban J connectivity index is 2.67. The zero-order valence-corrected chi connectivity index (χ0v) is 12.0. The van der Waals surface area contributed by atoms with Gasteiger partial charge in [-0.15, -0.1) is 11.6 Å². The highest BCUT2D eigenvalue weighted by Gasteiger charge is 2.26. The van der Waals surface area contributed by atoms with Crippen LogP contribution in [0.1, 0.15) is 27.7 Å². The standard InChI is InChI=1S/C14H20ClNO2/c1-10(2)18-12-7-5-11(6-8-12)16-13(17)14(3,4)9-15/h5-8,10H,9H2,1-4H3,(H,16,17). The number of rotatable bonds is 5. The van der Waals surface area contributed by atoms with Crippen LogP contribution in [-0.2, 0) is 4.79 Å². The number of carbonyl (C=O) groups is 1. The number of alkyl halides is 1. The van der Waals surface area contributed by atoms with Crippen LogP contribution in [0.2, 0.25) is 0 Å². The van der Waals surface area contributed by atoms with Crippen molar-refractivity contribution in [3.63, 3.8) is 0 Å². The van der Waals surface area contributed by atoms with Crippen LogP contribution in [0.4, 0.5) is 5.69 Å². The summed E-state index contributed by atoms with van der Waals surface area (Å²) < 4.78 is 5.53. The van der Waals surface area contributed by atoms with Crippen molar-refractivity contribution in [2.45, 2.75) is 33.8 Å². The van der Waals surface area contributed by atoms with Gasteiger partial charge in [0.2, 0.25) is 5.91 Å². The molecule has 100 valence electrons. The largest absolute Gasteiger partial charge is 0.491 e. The summed E-state index contributed by atoms with van der Waals surface area (Å²) in [5.74, 6) is 0.988. The van der Waals surface area contributed by atoms with Crippen molar-refractivity contribution in [3.8, 4) is 5.75 Å². The third kappa shape index (κ3) is 4.22. The van der Waals surface area contributed by atoms with E-state index in [1.165, 1.54) is 0 Å². The first-order valence-electron chi connectivity index (χ1n) is 5.99. The molecule has 1 aromatic carbocycles. The maximum atomic E-state index is 11.9. The molecule has 0 heterocycles. The highest BCUT2D eigenvalue weighted by Crippen LogP contribution is 2.22. The van der Waals surface area contributed by atoms with E-state index >= 15 is 0 Å². The lowest BCUT2D eigenvalue weighted by Crippen LogP contribution is -2.32. The van der Waals surface area contributed by atoms with Crippen LogP contribution in [0.15, 0.2) is 24.3 Å². The summed E-state index contributed by atoms with van der Waals surface area (Å²) in [4.78, 5) is 11.9. The van der Waals surface area contributed by atoms with E-state index in [4.69, 9.17) is 16.3 Å². The molecule has 0 saturated heterocycles. The third-order valence-electron chi connectivity index (χ3n) is 2.43. The minimum absolute atomic E-state index is 0.0879. The van der Waals surface area contributed by atoms with Gasteiger partial charge in [-0.05, 0) is 52.0 Å². The molecule has 1 amide bonds. The van der Waals surface area contributed by atoms with E-state index in [1.807, 2.05) is 52.0 Å².